The molecule has 0 aliphatic heterocycles. The number of hydrogen-bond acceptors (Lipinski definition) is 3. The Morgan fingerprint density at radius 3 is 2.38 bits per heavy atom. The summed E-state index contributed by atoms with van der Waals surface area (Å²) in [4.78, 5) is 0. The molecule has 1 aromatic rings. The van der Waals surface area contributed by atoms with E-state index in [4.69, 9.17) is 9.47 Å². The molecule has 0 heterocycles. The summed E-state index contributed by atoms with van der Waals surface area (Å²) in [6, 6.07) is 8.72. The first kappa shape index (κ1) is 16.3. The molecule has 0 spiro atoms. The lowest BCUT2D eigenvalue weighted by Crippen LogP contribution is -2.29. The van der Waals surface area contributed by atoms with Gasteiger partial charge < -0.3 is 14.8 Å². The van der Waals surface area contributed by atoms with Gasteiger partial charge in [0, 0.05) is 12.6 Å². The highest BCUT2D eigenvalue weighted by molar-refractivity contribution is 5.28. The van der Waals surface area contributed by atoms with Crippen molar-refractivity contribution in [2.24, 2.45) is 5.92 Å². The second kappa shape index (κ2) is 8.40. The second-order valence-corrected chi connectivity index (χ2v) is 6.31. The van der Waals surface area contributed by atoms with Crippen molar-refractivity contribution in [2.75, 3.05) is 20.3 Å². The van der Waals surface area contributed by atoms with Crippen molar-refractivity contribution in [3.63, 3.8) is 0 Å². The predicted octanol–water partition coefficient (Wildman–Crippen LogP) is 3.94. The van der Waals surface area contributed by atoms with Crippen molar-refractivity contribution < 1.29 is 9.47 Å². The second-order valence-electron chi connectivity index (χ2n) is 6.31. The van der Waals surface area contributed by atoms with Gasteiger partial charge in [-0.05, 0) is 36.5 Å². The SMILES string of the molecule is COc1ccc(C(CNC(C)C)OCC2CCCC2)cc1. The summed E-state index contributed by atoms with van der Waals surface area (Å²) >= 11 is 0. The Labute approximate surface area is 129 Å². The van der Waals surface area contributed by atoms with Gasteiger partial charge in [0.05, 0.1) is 19.8 Å². The third-order valence-corrected chi connectivity index (χ3v) is 4.21. The third kappa shape index (κ3) is 5.33. The molecule has 1 unspecified atom stereocenters. The summed E-state index contributed by atoms with van der Waals surface area (Å²) in [5.74, 6) is 1.65. The van der Waals surface area contributed by atoms with Crippen LogP contribution in [0.5, 0.6) is 5.75 Å². The zero-order valence-electron chi connectivity index (χ0n) is 13.6. The monoisotopic (exact) mass is 291 g/mol. The number of rotatable bonds is 8. The third-order valence-electron chi connectivity index (χ3n) is 4.21. The molecule has 1 aliphatic carbocycles. The molecule has 118 valence electrons. The highest BCUT2D eigenvalue weighted by Crippen LogP contribution is 2.27. The maximum absolute atomic E-state index is 6.23. The van der Waals surface area contributed by atoms with E-state index in [9.17, 15) is 0 Å². The van der Waals surface area contributed by atoms with Crippen LogP contribution in [0, 0.1) is 5.92 Å². The highest BCUT2D eigenvalue weighted by atomic mass is 16.5. The Morgan fingerprint density at radius 1 is 1.14 bits per heavy atom. The van der Waals surface area contributed by atoms with Crippen LogP contribution in [0.1, 0.15) is 51.2 Å². The minimum absolute atomic E-state index is 0.124. The van der Waals surface area contributed by atoms with Crippen LogP contribution in [0.15, 0.2) is 24.3 Å². The number of ether oxygens (including phenoxy) is 2. The standard InChI is InChI=1S/C18H29NO2/c1-14(2)19-12-18(21-13-15-6-4-5-7-15)16-8-10-17(20-3)11-9-16/h8-11,14-15,18-19H,4-7,12-13H2,1-3H3. The van der Waals surface area contributed by atoms with Gasteiger partial charge in [-0.15, -0.1) is 0 Å². The Hall–Kier alpha value is -1.06. The molecule has 1 aliphatic rings. The van der Waals surface area contributed by atoms with Crippen LogP contribution in [-0.2, 0) is 4.74 Å². The minimum Gasteiger partial charge on any atom is -0.497 e. The summed E-state index contributed by atoms with van der Waals surface area (Å²) in [5, 5.41) is 3.49. The van der Waals surface area contributed by atoms with Gasteiger partial charge in [-0.1, -0.05) is 38.8 Å². The van der Waals surface area contributed by atoms with Gasteiger partial charge in [0.25, 0.3) is 0 Å². The van der Waals surface area contributed by atoms with Gasteiger partial charge >= 0.3 is 0 Å². The zero-order chi connectivity index (χ0) is 15.1. The lowest BCUT2D eigenvalue weighted by Gasteiger charge is -2.22. The first-order valence-electron chi connectivity index (χ1n) is 8.18. The maximum atomic E-state index is 6.23. The van der Waals surface area contributed by atoms with Crippen molar-refractivity contribution in [2.45, 2.75) is 51.7 Å². The van der Waals surface area contributed by atoms with Crippen LogP contribution in [-0.4, -0.2) is 26.3 Å². The fourth-order valence-electron chi connectivity index (χ4n) is 2.86. The van der Waals surface area contributed by atoms with Crippen molar-refractivity contribution >= 4 is 0 Å². The number of hydrogen-bond donors (Lipinski definition) is 1. The molecular weight excluding hydrogens is 262 g/mol. The lowest BCUT2D eigenvalue weighted by atomic mass is 10.1. The fourth-order valence-corrected chi connectivity index (χ4v) is 2.86. The maximum Gasteiger partial charge on any atom is 0.118 e. The van der Waals surface area contributed by atoms with Gasteiger partial charge in [-0.2, -0.15) is 0 Å². The van der Waals surface area contributed by atoms with Gasteiger partial charge in [-0.3, -0.25) is 0 Å². The van der Waals surface area contributed by atoms with E-state index < -0.39 is 0 Å². The van der Waals surface area contributed by atoms with Crippen LogP contribution < -0.4 is 10.1 Å². The van der Waals surface area contributed by atoms with E-state index in [-0.39, 0.29) is 6.10 Å². The molecule has 1 saturated carbocycles. The molecular formula is C18H29NO2. The fraction of sp³-hybridized carbons (Fsp3) is 0.667. The molecule has 0 radical (unpaired) electrons. The first-order valence-corrected chi connectivity index (χ1v) is 8.18. The average molecular weight is 291 g/mol. The number of benzene rings is 1. The van der Waals surface area contributed by atoms with Crippen molar-refractivity contribution in [1.82, 2.24) is 5.32 Å². The molecule has 3 nitrogen and oxygen atoms in total. The lowest BCUT2D eigenvalue weighted by molar-refractivity contribution is 0.0284. The van der Waals surface area contributed by atoms with Crippen LogP contribution in [0.3, 0.4) is 0 Å². The quantitative estimate of drug-likeness (QED) is 0.787. The molecule has 1 atom stereocenters. The Kier molecular flexibility index (Phi) is 6.52. The Bertz CT molecular complexity index is 396. The molecule has 0 amide bonds. The first-order chi connectivity index (χ1) is 10.2. The van der Waals surface area contributed by atoms with Crippen molar-refractivity contribution in [1.29, 1.82) is 0 Å². The van der Waals surface area contributed by atoms with E-state index in [0.29, 0.717) is 6.04 Å². The Morgan fingerprint density at radius 2 is 1.81 bits per heavy atom. The molecule has 0 bridgehead atoms. The van der Waals surface area contributed by atoms with Gasteiger partial charge in [0.15, 0.2) is 0 Å². The van der Waals surface area contributed by atoms with E-state index in [0.717, 1.165) is 24.8 Å². The van der Waals surface area contributed by atoms with E-state index >= 15 is 0 Å². The van der Waals surface area contributed by atoms with E-state index in [1.807, 2.05) is 12.1 Å². The summed E-state index contributed by atoms with van der Waals surface area (Å²) in [6.07, 6.45) is 5.51. The van der Waals surface area contributed by atoms with Gasteiger partial charge in [-0.25, -0.2) is 0 Å². The minimum atomic E-state index is 0.124. The molecule has 3 heteroatoms. The van der Waals surface area contributed by atoms with E-state index in [1.165, 1.54) is 31.2 Å². The van der Waals surface area contributed by atoms with Gasteiger partial charge in [0.1, 0.15) is 5.75 Å². The predicted molar refractivity (Wildman–Crippen MR) is 86.8 cm³/mol. The molecule has 0 saturated heterocycles. The van der Waals surface area contributed by atoms with E-state index in [2.05, 4.69) is 31.3 Å². The van der Waals surface area contributed by atoms with Crippen LogP contribution in [0.2, 0.25) is 0 Å². The summed E-state index contributed by atoms with van der Waals surface area (Å²) < 4.78 is 11.5. The van der Waals surface area contributed by atoms with Crippen molar-refractivity contribution in [3.05, 3.63) is 29.8 Å². The molecule has 21 heavy (non-hydrogen) atoms. The molecule has 1 N–H and O–H groups in total. The zero-order valence-corrected chi connectivity index (χ0v) is 13.6. The van der Waals surface area contributed by atoms with Crippen molar-refractivity contribution in [3.8, 4) is 5.75 Å². The Balaban J connectivity index is 1.95. The number of methoxy groups -OCH3 is 1. The molecule has 0 aromatic heterocycles. The summed E-state index contributed by atoms with van der Waals surface area (Å²) in [7, 11) is 1.70. The molecule has 2 rings (SSSR count). The molecule has 1 fully saturated rings. The largest absolute Gasteiger partial charge is 0.497 e. The van der Waals surface area contributed by atoms with Gasteiger partial charge in [0.2, 0.25) is 0 Å². The van der Waals surface area contributed by atoms with E-state index in [1.54, 1.807) is 7.11 Å². The number of nitrogens with one attached hydrogen (secondary N) is 1. The van der Waals surface area contributed by atoms with Crippen LogP contribution >= 0.6 is 0 Å². The average Bonchev–Trinajstić information content (AvgIpc) is 3.01. The molecule has 1 aromatic carbocycles. The van der Waals surface area contributed by atoms with Crippen LogP contribution in [0.4, 0.5) is 0 Å². The summed E-state index contributed by atoms with van der Waals surface area (Å²) in [5.41, 5.74) is 1.22. The topological polar surface area (TPSA) is 30.5 Å². The highest BCUT2D eigenvalue weighted by Gasteiger charge is 2.19. The smallest absolute Gasteiger partial charge is 0.118 e. The normalized spacial score (nSPS) is 17.3. The summed E-state index contributed by atoms with van der Waals surface area (Å²) in [6.45, 7) is 6.08. The van der Waals surface area contributed by atoms with Crippen LogP contribution in [0.25, 0.3) is 0 Å².